The second-order valence-electron chi connectivity index (χ2n) is 4.43. The van der Waals surface area contributed by atoms with Gasteiger partial charge in [0.15, 0.2) is 11.6 Å². The molecule has 0 unspecified atom stereocenters. The van der Waals surface area contributed by atoms with Crippen molar-refractivity contribution in [2.45, 2.75) is 11.8 Å². The number of anilines is 2. The Labute approximate surface area is 125 Å². The summed E-state index contributed by atoms with van der Waals surface area (Å²) in [4.78, 5) is 12.4. The van der Waals surface area contributed by atoms with Crippen LogP contribution in [-0.2, 0) is 4.79 Å². The van der Waals surface area contributed by atoms with Gasteiger partial charge >= 0.3 is 0 Å². The van der Waals surface area contributed by atoms with Gasteiger partial charge < -0.3 is 11.1 Å². The minimum absolute atomic E-state index is 0.0965. The average molecular weight is 308 g/mol. The molecule has 0 aliphatic carbocycles. The minimum Gasteiger partial charge on any atom is -0.398 e. The molecule has 21 heavy (non-hydrogen) atoms. The van der Waals surface area contributed by atoms with E-state index in [1.807, 2.05) is 6.92 Å². The van der Waals surface area contributed by atoms with Crippen LogP contribution in [-0.4, -0.2) is 11.7 Å². The van der Waals surface area contributed by atoms with Crippen LogP contribution in [0.2, 0.25) is 0 Å². The Bertz CT molecular complexity index is 677. The number of hydrogen-bond donors (Lipinski definition) is 2. The first-order chi connectivity index (χ1) is 9.97. The van der Waals surface area contributed by atoms with E-state index in [9.17, 15) is 13.6 Å². The average Bonchev–Trinajstić information content (AvgIpc) is 2.45. The molecule has 3 N–H and O–H groups in total. The highest BCUT2D eigenvalue weighted by Crippen LogP contribution is 2.23. The van der Waals surface area contributed by atoms with Gasteiger partial charge in [0.2, 0.25) is 5.91 Å². The van der Waals surface area contributed by atoms with Crippen molar-refractivity contribution in [1.29, 1.82) is 0 Å². The quantitative estimate of drug-likeness (QED) is 0.670. The zero-order valence-electron chi connectivity index (χ0n) is 11.3. The van der Waals surface area contributed by atoms with Crippen LogP contribution in [0.5, 0.6) is 0 Å². The summed E-state index contributed by atoms with van der Waals surface area (Å²) in [6.07, 6.45) is 0. The number of nitrogens with one attached hydrogen (secondary N) is 1. The molecule has 1 amide bonds. The van der Waals surface area contributed by atoms with Crippen molar-refractivity contribution >= 4 is 29.0 Å². The Morgan fingerprint density at radius 2 is 2.00 bits per heavy atom. The third-order valence-electron chi connectivity index (χ3n) is 2.91. The third kappa shape index (κ3) is 3.95. The number of benzene rings is 2. The van der Waals surface area contributed by atoms with E-state index < -0.39 is 11.6 Å². The van der Waals surface area contributed by atoms with E-state index in [0.29, 0.717) is 16.3 Å². The van der Waals surface area contributed by atoms with E-state index in [-0.39, 0.29) is 11.7 Å². The fourth-order valence-corrected chi connectivity index (χ4v) is 2.41. The van der Waals surface area contributed by atoms with Crippen molar-refractivity contribution in [2.24, 2.45) is 0 Å². The van der Waals surface area contributed by atoms with Crippen molar-refractivity contribution in [2.75, 3.05) is 16.8 Å². The predicted molar refractivity (Wildman–Crippen MR) is 81.3 cm³/mol. The summed E-state index contributed by atoms with van der Waals surface area (Å²) in [5.41, 5.74) is 7.80. The minimum atomic E-state index is -0.924. The van der Waals surface area contributed by atoms with E-state index >= 15 is 0 Å². The van der Waals surface area contributed by atoms with Gasteiger partial charge in [0.25, 0.3) is 0 Å². The molecule has 0 radical (unpaired) electrons. The number of amides is 1. The number of rotatable bonds is 4. The number of hydrogen-bond acceptors (Lipinski definition) is 3. The van der Waals surface area contributed by atoms with E-state index in [1.165, 1.54) is 6.07 Å². The maximum absolute atomic E-state index is 13.0. The third-order valence-corrected chi connectivity index (χ3v) is 3.90. The maximum atomic E-state index is 13.0. The van der Waals surface area contributed by atoms with Gasteiger partial charge in [-0.3, -0.25) is 4.79 Å². The highest BCUT2D eigenvalue weighted by atomic mass is 32.2. The molecule has 0 bridgehead atoms. The van der Waals surface area contributed by atoms with Crippen LogP contribution in [0, 0.1) is 18.6 Å². The van der Waals surface area contributed by atoms with Crippen LogP contribution in [0.25, 0.3) is 0 Å². The summed E-state index contributed by atoms with van der Waals surface area (Å²) in [6, 6.07) is 8.80. The first-order valence-electron chi connectivity index (χ1n) is 6.20. The number of nitrogens with two attached hydrogens (primary N) is 1. The molecule has 0 fully saturated rings. The molecule has 0 heterocycles. The number of thioether (sulfide) groups is 1. The molecule has 6 heteroatoms. The predicted octanol–water partition coefficient (Wildman–Crippen LogP) is 3.59. The van der Waals surface area contributed by atoms with E-state index in [4.69, 9.17) is 5.73 Å². The van der Waals surface area contributed by atoms with Crippen LogP contribution in [0.15, 0.2) is 41.3 Å². The lowest BCUT2D eigenvalue weighted by molar-refractivity contribution is -0.113. The van der Waals surface area contributed by atoms with Gasteiger partial charge in [-0.1, -0.05) is 6.07 Å². The molecule has 0 aromatic heterocycles. The van der Waals surface area contributed by atoms with Gasteiger partial charge in [-0.15, -0.1) is 11.8 Å². The molecule has 0 spiro atoms. The Hall–Kier alpha value is -2.08. The smallest absolute Gasteiger partial charge is 0.234 e. The number of carbonyl (C=O) groups is 1. The summed E-state index contributed by atoms with van der Waals surface area (Å²) >= 11 is 1.13. The van der Waals surface area contributed by atoms with Gasteiger partial charge in [-0.2, -0.15) is 0 Å². The second kappa shape index (κ2) is 6.58. The van der Waals surface area contributed by atoms with Crippen LogP contribution in [0.3, 0.4) is 0 Å². The largest absolute Gasteiger partial charge is 0.398 e. The Kier molecular flexibility index (Phi) is 4.80. The molecule has 0 aliphatic rings. The molecular weight excluding hydrogens is 294 g/mol. The van der Waals surface area contributed by atoms with Gasteiger partial charge in [-0.05, 0) is 42.8 Å². The molecule has 3 nitrogen and oxygen atoms in total. The van der Waals surface area contributed by atoms with Crippen LogP contribution >= 0.6 is 11.8 Å². The van der Waals surface area contributed by atoms with E-state index in [2.05, 4.69) is 5.32 Å². The van der Waals surface area contributed by atoms with Gasteiger partial charge in [0, 0.05) is 16.3 Å². The number of nitrogen functional groups attached to an aromatic ring is 1. The zero-order valence-corrected chi connectivity index (χ0v) is 12.1. The Balaban J connectivity index is 1.96. The molecule has 110 valence electrons. The molecule has 0 aliphatic heterocycles. The van der Waals surface area contributed by atoms with Crippen molar-refractivity contribution < 1.29 is 13.6 Å². The lowest BCUT2D eigenvalue weighted by Crippen LogP contribution is -2.15. The molecule has 2 aromatic carbocycles. The fraction of sp³-hybridized carbons (Fsp3) is 0.133. The van der Waals surface area contributed by atoms with Crippen molar-refractivity contribution in [1.82, 2.24) is 0 Å². The highest BCUT2D eigenvalue weighted by Gasteiger charge is 2.08. The highest BCUT2D eigenvalue weighted by molar-refractivity contribution is 8.00. The lowest BCUT2D eigenvalue weighted by Gasteiger charge is -2.10. The Morgan fingerprint density at radius 3 is 2.71 bits per heavy atom. The first kappa shape index (κ1) is 15.3. The van der Waals surface area contributed by atoms with Crippen molar-refractivity contribution in [3.8, 4) is 0 Å². The number of halogens is 2. The molecule has 0 saturated carbocycles. The van der Waals surface area contributed by atoms with Gasteiger partial charge in [-0.25, -0.2) is 8.78 Å². The van der Waals surface area contributed by atoms with Crippen LogP contribution in [0.1, 0.15) is 5.56 Å². The Morgan fingerprint density at radius 1 is 1.24 bits per heavy atom. The molecule has 0 atom stereocenters. The second-order valence-corrected chi connectivity index (χ2v) is 5.48. The number of carbonyl (C=O) groups excluding carboxylic acids is 1. The summed E-state index contributed by atoms with van der Waals surface area (Å²) in [7, 11) is 0. The summed E-state index contributed by atoms with van der Waals surface area (Å²) < 4.78 is 25.8. The molecule has 0 saturated heterocycles. The SMILES string of the molecule is Cc1c(N)cccc1NC(=O)CSc1ccc(F)c(F)c1. The van der Waals surface area contributed by atoms with Gasteiger partial charge in [0.1, 0.15) is 0 Å². The van der Waals surface area contributed by atoms with Gasteiger partial charge in [0.05, 0.1) is 5.75 Å². The molecule has 2 rings (SSSR count). The normalized spacial score (nSPS) is 10.4. The summed E-state index contributed by atoms with van der Waals surface area (Å²) in [5, 5.41) is 2.74. The van der Waals surface area contributed by atoms with E-state index in [0.717, 1.165) is 29.5 Å². The van der Waals surface area contributed by atoms with Crippen LogP contribution in [0.4, 0.5) is 20.2 Å². The molecular formula is C15H14F2N2OS. The standard InChI is InChI=1S/C15H14F2N2OS/c1-9-13(18)3-2-4-14(9)19-15(20)8-21-10-5-6-11(16)12(17)7-10/h2-7H,8,18H2,1H3,(H,19,20). The zero-order chi connectivity index (χ0) is 15.4. The fourth-order valence-electron chi connectivity index (χ4n) is 1.69. The van der Waals surface area contributed by atoms with E-state index in [1.54, 1.807) is 18.2 Å². The van der Waals surface area contributed by atoms with Crippen molar-refractivity contribution in [3.63, 3.8) is 0 Å². The van der Waals surface area contributed by atoms with Crippen LogP contribution < -0.4 is 11.1 Å². The molecule has 2 aromatic rings. The monoisotopic (exact) mass is 308 g/mol. The summed E-state index contributed by atoms with van der Waals surface area (Å²) in [5.74, 6) is -1.97. The topological polar surface area (TPSA) is 55.1 Å². The first-order valence-corrected chi connectivity index (χ1v) is 7.18. The maximum Gasteiger partial charge on any atom is 0.234 e. The lowest BCUT2D eigenvalue weighted by atomic mass is 10.1. The van der Waals surface area contributed by atoms with Crippen molar-refractivity contribution in [3.05, 3.63) is 53.6 Å². The summed E-state index contributed by atoms with van der Waals surface area (Å²) in [6.45, 7) is 1.81.